The molecule has 0 spiro atoms. The Bertz CT molecular complexity index is 154. The number of carboxylic acid groups (broad SMARTS) is 1. The third-order valence-corrected chi connectivity index (χ3v) is 2.48. The van der Waals surface area contributed by atoms with Crippen LogP contribution >= 0.6 is 0 Å². The van der Waals surface area contributed by atoms with Gasteiger partial charge in [0.05, 0.1) is 5.92 Å². The average molecular weight is 157 g/mol. The van der Waals surface area contributed by atoms with E-state index in [2.05, 4.69) is 12.2 Å². The van der Waals surface area contributed by atoms with Crippen molar-refractivity contribution in [2.45, 2.75) is 25.8 Å². The number of nitrogens with one attached hydrogen (secondary N) is 1. The molecule has 64 valence electrons. The molecule has 0 radical (unpaired) electrons. The van der Waals surface area contributed by atoms with Crippen LogP contribution in [0, 0.1) is 11.8 Å². The molecule has 11 heavy (non-hydrogen) atoms. The summed E-state index contributed by atoms with van der Waals surface area (Å²) in [5.74, 6) is -0.335. The van der Waals surface area contributed by atoms with Crippen LogP contribution < -0.4 is 5.32 Å². The van der Waals surface area contributed by atoms with Crippen LogP contribution in [-0.4, -0.2) is 24.2 Å². The predicted molar refractivity (Wildman–Crippen MR) is 42.4 cm³/mol. The number of carboxylic acids is 1. The van der Waals surface area contributed by atoms with E-state index in [9.17, 15) is 4.79 Å². The van der Waals surface area contributed by atoms with Gasteiger partial charge < -0.3 is 10.4 Å². The van der Waals surface area contributed by atoms with E-state index < -0.39 is 5.97 Å². The van der Waals surface area contributed by atoms with E-state index in [-0.39, 0.29) is 5.92 Å². The second kappa shape index (κ2) is 3.22. The van der Waals surface area contributed by atoms with Crippen molar-refractivity contribution < 1.29 is 9.90 Å². The molecule has 0 aromatic heterocycles. The summed E-state index contributed by atoms with van der Waals surface area (Å²) in [6, 6.07) is 0.399. The van der Waals surface area contributed by atoms with Gasteiger partial charge in [-0.15, -0.1) is 0 Å². The zero-order valence-corrected chi connectivity index (χ0v) is 7.00. The molecule has 0 amide bonds. The monoisotopic (exact) mass is 157 g/mol. The molecule has 2 N–H and O–H groups in total. The summed E-state index contributed by atoms with van der Waals surface area (Å²) in [4.78, 5) is 10.5. The minimum absolute atomic E-state index is 0.0765. The molecule has 1 fully saturated rings. The van der Waals surface area contributed by atoms with Gasteiger partial charge in [-0.05, 0) is 25.8 Å². The standard InChI is InChI=1S/C8H15NO2/c1-3-7(9-2)5-4-6(5)8(10)11/h5-7,9H,3-4H2,1-2H3,(H,10,11). The summed E-state index contributed by atoms with van der Waals surface area (Å²) in [6.07, 6.45) is 1.87. The Morgan fingerprint density at radius 1 is 1.82 bits per heavy atom. The van der Waals surface area contributed by atoms with Gasteiger partial charge in [0, 0.05) is 6.04 Å². The van der Waals surface area contributed by atoms with E-state index in [4.69, 9.17) is 5.11 Å². The van der Waals surface area contributed by atoms with Gasteiger partial charge in [0.15, 0.2) is 0 Å². The van der Waals surface area contributed by atoms with E-state index in [0.717, 1.165) is 12.8 Å². The van der Waals surface area contributed by atoms with Gasteiger partial charge in [-0.2, -0.15) is 0 Å². The summed E-state index contributed by atoms with van der Waals surface area (Å²) >= 11 is 0. The first-order chi connectivity index (χ1) is 5.20. The Labute approximate surface area is 66.8 Å². The number of hydrogen-bond acceptors (Lipinski definition) is 2. The highest BCUT2D eigenvalue weighted by atomic mass is 16.4. The first-order valence-electron chi connectivity index (χ1n) is 4.10. The maximum atomic E-state index is 10.5. The third-order valence-electron chi connectivity index (χ3n) is 2.48. The molecule has 0 aromatic rings. The van der Waals surface area contributed by atoms with E-state index in [1.54, 1.807) is 0 Å². The maximum Gasteiger partial charge on any atom is 0.306 e. The third kappa shape index (κ3) is 1.71. The van der Waals surface area contributed by atoms with Gasteiger partial charge in [-0.1, -0.05) is 6.92 Å². The largest absolute Gasteiger partial charge is 0.481 e. The first-order valence-corrected chi connectivity index (χ1v) is 4.10. The molecule has 3 atom stereocenters. The normalized spacial score (nSPS) is 31.5. The van der Waals surface area contributed by atoms with Crippen molar-refractivity contribution in [3.63, 3.8) is 0 Å². The van der Waals surface area contributed by atoms with Crippen LogP contribution in [0.2, 0.25) is 0 Å². The Balaban J connectivity index is 2.35. The molecule has 3 nitrogen and oxygen atoms in total. The summed E-state index contributed by atoms with van der Waals surface area (Å²) in [7, 11) is 1.89. The van der Waals surface area contributed by atoms with Crippen LogP contribution in [0.3, 0.4) is 0 Å². The molecule has 0 aromatic carbocycles. The lowest BCUT2D eigenvalue weighted by Crippen LogP contribution is -2.27. The van der Waals surface area contributed by atoms with Crippen molar-refractivity contribution in [3.05, 3.63) is 0 Å². The summed E-state index contributed by atoms with van der Waals surface area (Å²) in [5, 5.41) is 11.8. The Kier molecular flexibility index (Phi) is 2.49. The Hall–Kier alpha value is -0.570. The molecule has 3 unspecified atom stereocenters. The summed E-state index contributed by atoms with van der Waals surface area (Å²) in [5.41, 5.74) is 0. The molecular formula is C8H15NO2. The highest BCUT2D eigenvalue weighted by Gasteiger charge is 2.46. The van der Waals surface area contributed by atoms with E-state index in [0.29, 0.717) is 12.0 Å². The van der Waals surface area contributed by atoms with Crippen molar-refractivity contribution in [1.29, 1.82) is 0 Å². The average Bonchev–Trinajstić information content (AvgIpc) is 2.70. The van der Waals surface area contributed by atoms with Crippen molar-refractivity contribution in [1.82, 2.24) is 5.32 Å². The van der Waals surface area contributed by atoms with Gasteiger partial charge >= 0.3 is 5.97 Å². The van der Waals surface area contributed by atoms with Crippen LogP contribution in [0.25, 0.3) is 0 Å². The fourth-order valence-corrected chi connectivity index (χ4v) is 1.66. The second-order valence-electron chi connectivity index (χ2n) is 3.15. The zero-order chi connectivity index (χ0) is 8.43. The van der Waals surface area contributed by atoms with Crippen molar-refractivity contribution in [3.8, 4) is 0 Å². The second-order valence-corrected chi connectivity index (χ2v) is 3.15. The molecular weight excluding hydrogens is 142 g/mol. The summed E-state index contributed by atoms with van der Waals surface area (Å²) < 4.78 is 0. The topological polar surface area (TPSA) is 49.3 Å². The Morgan fingerprint density at radius 2 is 2.45 bits per heavy atom. The predicted octanol–water partition coefficient (Wildman–Crippen LogP) is 0.705. The smallest absolute Gasteiger partial charge is 0.306 e. The van der Waals surface area contributed by atoms with E-state index in [1.165, 1.54) is 0 Å². The van der Waals surface area contributed by atoms with Crippen LogP contribution in [0.5, 0.6) is 0 Å². The summed E-state index contributed by atoms with van der Waals surface area (Å²) in [6.45, 7) is 2.08. The molecule has 1 saturated carbocycles. The first kappa shape index (κ1) is 8.53. The Morgan fingerprint density at radius 3 is 2.73 bits per heavy atom. The molecule has 1 aliphatic carbocycles. The SMILES string of the molecule is CCC(NC)C1CC1C(=O)O. The van der Waals surface area contributed by atoms with E-state index >= 15 is 0 Å². The lowest BCUT2D eigenvalue weighted by Gasteiger charge is -2.11. The lowest BCUT2D eigenvalue weighted by molar-refractivity contribution is -0.138. The molecule has 3 heteroatoms. The molecule has 0 heterocycles. The van der Waals surface area contributed by atoms with E-state index in [1.807, 2.05) is 7.05 Å². The van der Waals surface area contributed by atoms with Gasteiger partial charge in [-0.25, -0.2) is 0 Å². The number of aliphatic carboxylic acids is 1. The fourth-order valence-electron chi connectivity index (χ4n) is 1.66. The molecule has 1 rings (SSSR count). The molecule has 0 aliphatic heterocycles. The van der Waals surface area contributed by atoms with Crippen molar-refractivity contribution in [2.24, 2.45) is 11.8 Å². The van der Waals surface area contributed by atoms with Crippen molar-refractivity contribution >= 4 is 5.97 Å². The maximum absolute atomic E-state index is 10.5. The number of carbonyl (C=O) groups is 1. The number of hydrogen-bond donors (Lipinski definition) is 2. The quantitative estimate of drug-likeness (QED) is 0.631. The van der Waals surface area contributed by atoms with Crippen LogP contribution in [0.15, 0.2) is 0 Å². The van der Waals surface area contributed by atoms with Gasteiger partial charge in [-0.3, -0.25) is 4.79 Å². The molecule has 1 aliphatic rings. The minimum atomic E-state index is -0.635. The number of rotatable bonds is 4. The van der Waals surface area contributed by atoms with Crippen LogP contribution in [0.4, 0.5) is 0 Å². The zero-order valence-electron chi connectivity index (χ0n) is 7.00. The van der Waals surface area contributed by atoms with Crippen molar-refractivity contribution in [2.75, 3.05) is 7.05 Å². The van der Waals surface area contributed by atoms with Gasteiger partial charge in [0.25, 0.3) is 0 Å². The van der Waals surface area contributed by atoms with Gasteiger partial charge in [0.2, 0.25) is 0 Å². The minimum Gasteiger partial charge on any atom is -0.481 e. The van der Waals surface area contributed by atoms with Crippen LogP contribution in [-0.2, 0) is 4.79 Å². The highest BCUT2D eigenvalue weighted by Crippen LogP contribution is 2.42. The highest BCUT2D eigenvalue weighted by molar-refractivity contribution is 5.73. The molecule has 0 saturated heterocycles. The molecule has 0 bridgehead atoms. The van der Waals surface area contributed by atoms with Crippen LogP contribution in [0.1, 0.15) is 19.8 Å². The van der Waals surface area contributed by atoms with Gasteiger partial charge in [0.1, 0.15) is 0 Å². The fraction of sp³-hybridized carbons (Fsp3) is 0.875. The lowest BCUT2D eigenvalue weighted by atomic mass is 10.1.